The fourth-order valence-electron chi connectivity index (χ4n) is 1.83. The molecule has 3 nitrogen and oxygen atoms in total. The summed E-state index contributed by atoms with van der Waals surface area (Å²) < 4.78 is 10.5. The number of carbonyl (C=O) groups is 1. The van der Waals surface area contributed by atoms with Gasteiger partial charge in [0.15, 0.2) is 0 Å². The third-order valence-corrected chi connectivity index (χ3v) is 2.77. The van der Waals surface area contributed by atoms with E-state index >= 15 is 0 Å². The summed E-state index contributed by atoms with van der Waals surface area (Å²) in [5.74, 6) is 0.374. The lowest BCUT2D eigenvalue weighted by Gasteiger charge is -2.17. The van der Waals surface area contributed by atoms with E-state index < -0.39 is 0 Å². The summed E-state index contributed by atoms with van der Waals surface area (Å²) in [6, 6.07) is 7.01. The van der Waals surface area contributed by atoms with Crippen molar-refractivity contribution in [3.05, 3.63) is 42.0 Å². The highest BCUT2D eigenvalue weighted by molar-refractivity contribution is 5.90. The van der Waals surface area contributed by atoms with Crippen LogP contribution in [-0.4, -0.2) is 19.2 Å². The quantitative estimate of drug-likeness (QED) is 0.593. The average Bonchev–Trinajstić information content (AvgIpc) is 2.40. The maximum atomic E-state index is 11.9. The average molecular weight is 232 g/mol. The molecular formula is C14H16O3. The molecular weight excluding hydrogens is 216 g/mol. The number of hydrogen-bond donors (Lipinski definition) is 0. The third kappa shape index (κ3) is 3.09. The summed E-state index contributed by atoms with van der Waals surface area (Å²) in [4.78, 5) is 11.9. The third-order valence-electron chi connectivity index (χ3n) is 2.77. The van der Waals surface area contributed by atoms with Gasteiger partial charge in [-0.1, -0.05) is 12.1 Å². The van der Waals surface area contributed by atoms with Crippen LogP contribution in [0.2, 0.25) is 0 Å². The smallest absolute Gasteiger partial charge is 0.338 e. The minimum absolute atomic E-state index is 0.0811. The summed E-state index contributed by atoms with van der Waals surface area (Å²) in [7, 11) is 1.58. The maximum absolute atomic E-state index is 11.9. The molecule has 0 bridgehead atoms. The van der Waals surface area contributed by atoms with Crippen molar-refractivity contribution in [3.8, 4) is 5.75 Å². The van der Waals surface area contributed by atoms with Gasteiger partial charge in [0.1, 0.15) is 11.9 Å². The molecule has 1 atom stereocenters. The van der Waals surface area contributed by atoms with Crippen molar-refractivity contribution in [2.24, 2.45) is 0 Å². The van der Waals surface area contributed by atoms with Crippen molar-refractivity contribution in [3.63, 3.8) is 0 Å². The molecule has 1 aromatic carbocycles. The van der Waals surface area contributed by atoms with Gasteiger partial charge in [0.2, 0.25) is 0 Å². The SMILES string of the molecule is COc1cccc(C(=O)OC2C=CCCC2)c1. The van der Waals surface area contributed by atoms with E-state index in [0.717, 1.165) is 19.3 Å². The first-order valence-corrected chi connectivity index (χ1v) is 5.81. The summed E-state index contributed by atoms with van der Waals surface area (Å²) in [6.07, 6.45) is 7.00. The molecule has 3 heteroatoms. The number of allylic oxidation sites excluding steroid dienone is 1. The molecule has 17 heavy (non-hydrogen) atoms. The normalized spacial score (nSPS) is 18.8. The van der Waals surface area contributed by atoms with Crippen LogP contribution in [-0.2, 0) is 4.74 Å². The monoisotopic (exact) mass is 232 g/mol. The number of esters is 1. The summed E-state index contributed by atoms with van der Waals surface area (Å²) >= 11 is 0. The number of rotatable bonds is 3. The highest BCUT2D eigenvalue weighted by Crippen LogP contribution is 2.17. The van der Waals surface area contributed by atoms with E-state index in [0.29, 0.717) is 11.3 Å². The van der Waals surface area contributed by atoms with Gasteiger partial charge < -0.3 is 9.47 Å². The van der Waals surface area contributed by atoms with Crippen molar-refractivity contribution in [2.75, 3.05) is 7.11 Å². The molecule has 0 saturated carbocycles. The van der Waals surface area contributed by atoms with Crippen LogP contribution >= 0.6 is 0 Å². The Labute approximate surface area is 101 Å². The van der Waals surface area contributed by atoms with Crippen LogP contribution in [0.1, 0.15) is 29.6 Å². The highest BCUT2D eigenvalue weighted by atomic mass is 16.5. The fourth-order valence-corrected chi connectivity index (χ4v) is 1.83. The van der Waals surface area contributed by atoms with Crippen LogP contribution in [0.3, 0.4) is 0 Å². The van der Waals surface area contributed by atoms with E-state index in [1.807, 2.05) is 6.08 Å². The zero-order valence-corrected chi connectivity index (χ0v) is 9.89. The van der Waals surface area contributed by atoms with Gasteiger partial charge >= 0.3 is 5.97 Å². The van der Waals surface area contributed by atoms with E-state index in [4.69, 9.17) is 9.47 Å². The molecule has 0 amide bonds. The van der Waals surface area contributed by atoms with Crippen molar-refractivity contribution in [1.29, 1.82) is 0 Å². The molecule has 1 unspecified atom stereocenters. The summed E-state index contributed by atoms with van der Waals surface area (Å²) in [5.41, 5.74) is 0.531. The summed E-state index contributed by atoms with van der Waals surface area (Å²) in [6.45, 7) is 0. The molecule has 0 aliphatic heterocycles. The van der Waals surface area contributed by atoms with Crippen LogP contribution in [0.4, 0.5) is 0 Å². The Kier molecular flexibility index (Phi) is 3.81. The van der Waals surface area contributed by atoms with Crippen molar-refractivity contribution < 1.29 is 14.3 Å². The zero-order chi connectivity index (χ0) is 12.1. The molecule has 0 fully saturated rings. The molecule has 90 valence electrons. The number of carbonyl (C=O) groups excluding carboxylic acids is 1. The lowest BCUT2D eigenvalue weighted by molar-refractivity contribution is 0.0369. The van der Waals surface area contributed by atoms with Gasteiger partial charge in [-0.3, -0.25) is 0 Å². The first-order chi connectivity index (χ1) is 8.29. The van der Waals surface area contributed by atoms with E-state index in [-0.39, 0.29) is 12.1 Å². The second-order valence-corrected chi connectivity index (χ2v) is 4.03. The summed E-state index contributed by atoms with van der Waals surface area (Å²) in [5, 5.41) is 0. The van der Waals surface area contributed by atoms with Crippen molar-refractivity contribution in [1.82, 2.24) is 0 Å². The zero-order valence-electron chi connectivity index (χ0n) is 9.89. The Hall–Kier alpha value is -1.77. The molecule has 0 N–H and O–H groups in total. The molecule has 0 heterocycles. The van der Waals surface area contributed by atoms with Crippen LogP contribution in [0, 0.1) is 0 Å². The van der Waals surface area contributed by atoms with E-state index in [9.17, 15) is 4.79 Å². The van der Waals surface area contributed by atoms with Crippen LogP contribution < -0.4 is 4.74 Å². The van der Waals surface area contributed by atoms with Gasteiger partial charge in [-0.25, -0.2) is 4.79 Å². The minimum atomic E-state index is -0.291. The Morgan fingerprint density at radius 3 is 3.00 bits per heavy atom. The predicted octanol–water partition coefficient (Wildman–Crippen LogP) is 2.96. The van der Waals surface area contributed by atoms with Gasteiger partial charge in [-0.2, -0.15) is 0 Å². The number of benzene rings is 1. The maximum Gasteiger partial charge on any atom is 0.338 e. The van der Waals surface area contributed by atoms with Crippen molar-refractivity contribution in [2.45, 2.75) is 25.4 Å². The number of ether oxygens (including phenoxy) is 2. The Balaban J connectivity index is 2.03. The van der Waals surface area contributed by atoms with E-state index in [1.54, 1.807) is 31.4 Å². The Morgan fingerprint density at radius 1 is 1.41 bits per heavy atom. The fraction of sp³-hybridized carbons (Fsp3) is 0.357. The van der Waals surface area contributed by atoms with Crippen LogP contribution in [0.5, 0.6) is 5.75 Å². The first kappa shape index (κ1) is 11.7. The van der Waals surface area contributed by atoms with Gasteiger partial charge in [0, 0.05) is 0 Å². The van der Waals surface area contributed by atoms with Crippen LogP contribution in [0.15, 0.2) is 36.4 Å². The molecule has 0 aromatic heterocycles. The second kappa shape index (κ2) is 5.53. The Bertz CT molecular complexity index is 423. The molecule has 1 aliphatic rings. The lowest BCUT2D eigenvalue weighted by Crippen LogP contribution is -2.17. The van der Waals surface area contributed by atoms with E-state index in [2.05, 4.69) is 6.08 Å². The second-order valence-electron chi connectivity index (χ2n) is 4.03. The van der Waals surface area contributed by atoms with Crippen molar-refractivity contribution >= 4 is 5.97 Å². The molecule has 0 radical (unpaired) electrons. The van der Waals surface area contributed by atoms with E-state index in [1.165, 1.54) is 0 Å². The van der Waals surface area contributed by atoms with Gasteiger partial charge in [0.25, 0.3) is 0 Å². The first-order valence-electron chi connectivity index (χ1n) is 5.81. The van der Waals surface area contributed by atoms with Gasteiger partial charge in [-0.05, 0) is 43.5 Å². The molecule has 1 aromatic rings. The van der Waals surface area contributed by atoms with Gasteiger partial charge in [0.05, 0.1) is 12.7 Å². The minimum Gasteiger partial charge on any atom is -0.497 e. The molecule has 1 aliphatic carbocycles. The van der Waals surface area contributed by atoms with Crippen LogP contribution in [0.25, 0.3) is 0 Å². The standard InChI is InChI=1S/C14H16O3/c1-16-13-9-5-6-11(10-13)14(15)17-12-7-3-2-4-8-12/h3,5-7,9-10,12H,2,4,8H2,1H3. The highest BCUT2D eigenvalue weighted by Gasteiger charge is 2.15. The number of hydrogen-bond acceptors (Lipinski definition) is 3. The molecule has 2 rings (SSSR count). The van der Waals surface area contributed by atoms with Gasteiger partial charge in [-0.15, -0.1) is 0 Å². The molecule has 0 spiro atoms. The lowest BCUT2D eigenvalue weighted by atomic mass is 10.1. The number of methoxy groups -OCH3 is 1. The largest absolute Gasteiger partial charge is 0.497 e. The Morgan fingerprint density at radius 2 is 2.29 bits per heavy atom. The molecule has 0 saturated heterocycles. The topological polar surface area (TPSA) is 35.5 Å². The predicted molar refractivity (Wildman–Crippen MR) is 65.2 cm³/mol.